The van der Waals surface area contributed by atoms with E-state index in [0.717, 1.165) is 0 Å². The quantitative estimate of drug-likeness (QED) is 0.581. The number of pyridine rings is 1. The van der Waals surface area contributed by atoms with E-state index in [2.05, 4.69) is 4.98 Å². The van der Waals surface area contributed by atoms with Crippen LogP contribution in [0.25, 0.3) is 0 Å². The van der Waals surface area contributed by atoms with Crippen LogP contribution in [-0.2, 0) is 11.3 Å². The predicted octanol–water partition coefficient (Wildman–Crippen LogP) is 5.01. The van der Waals surface area contributed by atoms with Crippen molar-refractivity contribution in [2.75, 3.05) is 4.90 Å². The molecule has 144 valence electrons. The average molecular weight is 403 g/mol. The van der Waals surface area contributed by atoms with Gasteiger partial charge in [-0.05, 0) is 61.0 Å². The van der Waals surface area contributed by atoms with Crippen LogP contribution in [-0.4, -0.2) is 17.0 Å². The molecule has 0 saturated carbocycles. The fourth-order valence-corrected chi connectivity index (χ4v) is 2.82. The number of anilines is 1. The number of ether oxygens (including phenoxy) is 1. The number of rotatable bonds is 6. The lowest BCUT2D eigenvalue weighted by Gasteiger charge is -2.26. The van der Waals surface area contributed by atoms with Gasteiger partial charge in [0.05, 0.1) is 6.54 Å². The third-order valence-electron chi connectivity index (χ3n) is 4.01. The maximum atomic E-state index is 13.3. The smallest absolute Gasteiger partial charge is 0.269 e. The van der Waals surface area contributed by atoms with Crippen LogP contribution in [0.3, 0.4) is 0 Å². The van der Waals surface area contributed by atoms with E-state index in [1.54, 1.807) is 31.3 Å². The molecular formula is C21H17ClF2N2O2. The molecule has 0 saturated heterocycles. The maximum absolute atomic E-state index is 13.3. The summed E-state index contributed by atoms with van der Waals surface area (Å²) in [7, 11) is 0. The Morgan fingerprint density at radius 3 is 2.46 bits per heavy atom. The second kappa shape index (κ2) is 8.80. The van der Waals surface area contributed by atoms with Gasteiger partial charge in [-0.3, -0.25) is 9.69 Å². The molecule has 1 aromatic heterocycles. The zero-order valence-electron chi connectivity index (χ0n) is 15.0. The SMILES string of the molecule is CC(Oc1ccc(F)cc1)C(=O)N(Cc1ccc(F)cc1Cl)c1ccccn1. The van der Waals surface area contributed by atoms with Crippen LogP contribution >= 0.6 is 11.6 Å². The highest BCUT2D eigenvalue weighted by atomic mass is 35.5. The third-order valence-corrected chi connectivity index (χ3v) is 4.36. The van der Waals surface area contributed by atoms with Crippen LogP contribution < -0.4 is 9.64 Å². The first-order chi connectivity index (χ1) is 13.4. The van der Waals surface area contributed by atoms with Crippen molar-refractivity contribution in [1.82, 2.24) is 4.98 Å². The van der Waals surface area contributed by atoms with Crippen LogP contribution in [0.1, 0.15) is 12.5 Å². The van der Waals surface area contributed by atoms with Gasteiger partial charge in [0.2, 0.25) is 0 Å². The summed E-state index contributed by atoms with van der Waals surface area (Å²) in [5.41, 5.74) is 0.566. The van der Waals surface area contributed by atoms with Gasteiger partial charge in [0, 0.05) is 11.2 Å². The summed E-state index contributed by atoms with van der Waals surface area (Å²) in [5, 5.41) is 0.209. The highest BCUT2D eigenvalue weighted by molar-refractivity contribution is 6.31. The zero-order valence-corrected chi connectivity index (χ0v) is 15.7. The number of hydrogen-bond donors (Lipinski definition) is 0. The molecule has 7 heteroatoms. The highest BCUT2D eigenvalue weighted by Crippen LogP contribution is 2.23. The van der Waals surface area contributed by atoms with Crippen molar-refractivity contribution in [2.45, 2.75) is 19.6 Å². The fraction of sp³-hybridized carbons (Fsp3) is 0.143. The molecule has 3 rings (SSSR count). The van der Waals surface area contributed by atoms with Crippen LogP contribution in [0, 0.1) is 11.6 Å². The normalized spacial score (nSPS) is 11.7. The minimum Gasteiger partial charge on any atom is -0.481 e. The topological polar surface area (TPSA) is 42.4 Å². The summed E-state index contributed by atoms with van der Waals surface area (Å²) >= 11 is 6.12. The Balaban J connectivity index is 1.85. The fourth-order valence-electron chi connectivity index (χ4n) is 2.59. The second-order valence-corrected chi connectivity index (χ2v) is 6.47. The molecule has 4 nitrogen and oxygen atoms in total. The molecule has 0 aliphatic rings. The van der Waals surface area contributed by atoms with Crippen LogP contribution in [0.15, 0.2) is 66.9 Å². The largest absolute Gasteiger partial charge is 0.481 e. The number of amides is 1. The monoisotopic (exact) mass is 402 g/mol. The van der Waals surface area contributed by atoms with E-state index in [9.17, 15) is 13.6 Å². The molecule has 28 heavy (non-hydrogen) atoms. The van der Waals surface area contributed by atoms with Crippen molar-refractivity contribution >= 4 is 23.3 Å². The Morgan fingerprint density at radius 2 is 1.82 bits per heavy atom. The number of nitrogens with zero attached hydrogens (tertiary/aromatic N) is 2. The molecule has 0 aliphatic heterocycles. The van der Waals surface area contributed by atoms with Crippen molar-refractivity contribution in [1.29, 1.82) is 0 Å². The van der Waals surface area contributed by atoms with E-state index >= 15 is 0 Å². The van der Waals surface area contributed by atoms with Crippen molar-refractivity contribution in [3.63, 3.8) is 0 Å². The summed E-state index contributed by atoms with van der Waals surface area (Å²) < 4.78 is 32.0. The van der Waals surface area contributed by atoms with Crippen LogP contribution in [0.4, 0.5) is 14.6 Å². The Morgan fingerprint density at radius 1 is 1.11 bits per heavy atom. The molecule has 2 aromatic carbocycles. The molecule has 1 heterocycles. The maximum Gasteiger partial charge on any atom is 0.269 e. The lowest BCUT2D eigenvalue weighted by molar-refractivity contribution is -0.124. The lowest BCUT2D eigenvalue weighted by Crippen LogP contribution is -2.40. The molecule has 3 aromatic rings. The molecule has 1 unspecified atom stereocenters. The number of benzene rings is 2. The molecule has 0 aliphatic carbocycles. The Kier molecular flexibility index (Phi) is 6.21. The summed E-state index contributed by atoms with van der Waals surface area (Å²) in [5.74, 6) is -0.459. The molecule has 0 spiro atoms. The Bertz CT molecular complexity index is 952. The van der Waals surface area contributed by atoms with Gasteiger partial charge in [-0.25, -0.2) is 13.8 Å². The average Bonchev–Trinajstić information content (AvgIpc) is 2.69. The zero-order chi connectivity index (χ0) is 20.1. The van der Waals surface area contributed by atoms with Gasteiger partial charge >= 0.3 is 0 Å². The van der Waals surface area contributed by atoms with Crippen molar-refractivity contribution in [3.05, 3.63) is 89.1 Å². The Hall–Kier alpha value is -2.99. The number of halogens is 3. The van der Waals surface area contributed by atoms with Gasteiger partial charge in [-0.1, -0.05) is 23.7 Å². The first-order valence-electron chi connectivity index (χ1n) is 8.52. The number of carbonyl (C=O) groups excluding carboxylic acids is 1. The minimum absolute atomic E-state index is 0.0894. The predicted molar refractivity (Wildman–Crippen MR) is 103 cm³/mol. The van der Waals surface area contributed by atoms with E-state index in [4.69, 9.17) is 16.3 Å². The van der Waals surface area contributed by atoms with Crippen molar-refractivity contribution in [2.24, 2.45) is 0 Å². The first kappa shape index (κ1) is 19.8. The van der Waals surface area contributed by atoms with E-state index in [-0.39, 0.29) is 17.5 Å². The Labute approximate surface area is 166 Å². The molecular weight excluding hydrogens is 386 g/mol. The summed E-state index contributed by atoms with van der Waals surface area (Å²) in [6.07, 6.45) is 0.694. The second-order valence-electron chi connectivity index (χ2n) is 6.06. The van der Waals surface area contributed by atoms with Gasteiger partial charge in [0.25, 0.3) is 5.91 Å². The van der Waals surface area contributed by atoms with Crippen molar-refractivity contribution < 1.29 is 18.3 Å². The van der Waals surface area contributed by atoms with E-state index < -0.39 is 17.7 Å². The van der Waals surface area contributed by atoms with Gasteiger partial charge in [-0.2, -0.15) is 0 Å². The minimum atomic E-state index is -0.869. The van der Waals surface area contributed by atoms with E-state index in [1.807, 2.05) is 0 Å². The number of carbonyl (C=O) groups is 1. The third kappa shape index (κ3) is 4.84. The van der Waals surface area contributed by atoms with Crippen LogP contribution in [0.5, 0.6) is 5.75 Å². The van der Waals surface area contributed by atoms with Crippen molar-refractivity contribution in [3.8, 4) is 5.75 Å². The summed E-state index contributed by atoms with van der Waals surface area (Å²) in [6, 6.07) is 14.5. The molecule has 1 amide bonds. The summed E-state index contributed by atoms with van der Waals surface area (Å²) in [6.45, 7) is 1.68. The highest BCUT2D eigenvalue weighted by Gasteiger charge is 2.25. The molecule has 1 atom stereocenters. The van der Waals surface area contributed by atoms with Gasteiger partial charge < -0.3 is 4.74 Å². The standard InChI is InChI=1S/C21H17ClF2N2O2/c1-14(28-18-9-7-16(23)8-10-18)21(27)26(20-4-2-3-11-25-20)13-15-5-6-17(24)12-19(15)22/h2-12,14H,13H2,1H3. The lowest BCUT2D eigenvalue weighted by atomic mass is 10.2. The van der Waals surface area contributed by atoms with Gasteiger partial charge in [0.1, 0.15) is 23.2 Å². The summed E-state index contributed by atoms with van der Waals surface area (Å²) in [4.78, 5) is 18.7. The number of hydrogen-bond acceptors (Lipinski definition) is 3. The molecule has 0 radical (unpaired) electrons. The molecule has 0 fully saturated rings. The number of aromatic nitrogens is 1. The van der Waals surface area contributed by atoms with E-state index in [1.165, 1.54) is 47.4 Å². The van der Waals surface area contributed by atoms with Gasteiger partial charge in [-0.15, -0.1) is 0 Å². The van der Waals surface area contributed by atoms with Crippen LogP contribution in [0.2, 0.25) is 5.02 Å². The van der Waals surface area contributed by atoms with Gasteiger partial charge in [0.15, 0.2) is 6.10 Å². The molecule has 0 bridgehead atoms. The van der Waals surface area contributed by atoms with E-state index in [0.29, 0.717) is 17.1 Å². The first-order valence-corrected chi connectivity index (χ1v) is 8.90. The molecule has 0 N–H and O–H groups in total.